The first-order chi connectivity index (χ1) is 8.54. The van der Waals surface area contributed by atoms with Gasteiger partial charge < -0.3 is 15.2 Å². The molecule has 18 heavy (non-hydrogen) atoms. The molecule has 1 atom stereocenters. The third-order valence-corrected chi connectivity index (χ3v) is 2.47. The first-order valence-corrected chi connectivity index (χ1v) is 5.79. The van der Waals surface area contributed by atoms with E-state index in [1.165, 1.54) is 19.2 Å². The normalized spacial score (nSPS) is 12.0. The molecule has 5 heteroatoms. The highest BCUT2D eigenvalue weighted by molar-refractivity contribution is 5.69. The topological polar surface area (TPSA) is 61.5 Å². The fourth-order valence-electron chi connectivity index (χ4n) is 1.51. The second-order valence-corrected chi connectivity index (χ2v) is 4.00. The molecule has 0 aliphatic heterocycles. The van der Waals surface area contributed by atoms with Gasteiger partial charge in [0, 0.05) is 18.0 Å². The van der Waals surface area contributed by atoms with Crippen molar-refractivity contribution in [2.75, 3.05) is 13.7 Å². The van der Waals surface area contributed by atoms with Gasteiger partial charge in [-0.2, -0.15) is 0 Å². The van der Waals surface area contributed by atoms with Crippen LogP contribution in [0.1, 0.15) is 31.4 Å². The van der Waals surface area contributed by atoms with Crippen molar-refractivity contribution in [1.29, 1.82) is 0 Å². The zero-order valence-electron chi connectivity index (χ0n) is 10.6. The highest BCUT2D eigenvalue weighted by Crippen LogP contribution is 2.24. The molecule has 2 N–H and O–H groups in total. The summed E-state index contributed by atoms with van der Waals surface area (Å²) in [4.78, 5) is 10.9. The molecule has 0 heterocycles. The van der Waals surface area contributed by atoms with Gasteiger partial charge in [0.15, 0.2) is 0 Å². The standard InChI is InChI=1S/C13H18FNO3/c1-9(15)11-8-10(14)5-6-12(11)18-7-3-4-13(16)17-2/h5-6,8-9H,3-4,7,15H2,1-2H3/t9-/m1/s1. The first kappa shape index (κ1) is 14.4. The summed E-state index contributed by atoms with van der Waals surface area (Å²) in [6, 6.07) is 3.92. The molecule has 0 bridgehead atoms. The number of esters is 1. The molecule has 100 valence electrons. The first-order valence-electron chi connectivity index (χ1n) is 5.79. The second kappa shape index (κ2) is 6.96. The van der Waals surface area contributed by atoms with Gasteiger partial charge in [0.25, 0.3) is 0 Å². The number of halogens is 1. The number of hydrogen-bond acceptors (Lipinski definition) is 4. The van der Waals surface area contributed by atoms with Crippen molar-refractivity contribution in [2.45, 2.75) is 25.8 Å². The Bertz CT molecular complexity index is 407. The van der Waals surface area contributed by atoms with Crippen LogP contribution >= 0.6 is 0 Å². The predicted octanol–water partition coefficient (Wildman–Crippen LogP) is 2.18. The molecule has 0 fully saturated rings. The summed E-state index contributed by atoms with van der Waals surface area (Å²) in [5.41, 5.74) is 6.36. The van der Waals surface area contributed by atoms with Crippen LogP contribution in [0.15, 0.2) is 18.2 Å². The highest BCUT2D eigenvalue weighted by atomic mass is 19.1. The average molecular weight is 255 g/mol. The van der Waals surface area contributed by atoms with E-state index in [0.717, 1.165) is 0 Å². The molecule has 0 unspecified atom stereocenters. The van der Waals surface area contributed by atoms with Crippen molar-refractivity contribution in [3.63, 3.8) is 0 Å². The lowest BCUT2D eigenvalue weighted by atomic mass is 10.1. The number of rotatable bonds is 6. The average Bonchev–Trinajstić information content (AvgIpc) is 2.35. The van der Waals surface area contributed by atoms with Gasteiger partial charge in [0.05, 0.1) is 13.7 Å². The zero-order valence-corrected chi connectivity index (χ0v) is 10.6. The summed E-state index contributed by atoms with van der Waals surface area (Å²) in [6.07, 6.45) is 0.841. The number of carbonyl (C=O) groups is 1. The van der Waals surface area contributed by atoms with Crippen LogP contribution in [0.3, 0.4) is 0 Å². The Morgan fingerprint density at radius 3 is 2.83 bits per heavy atom. The van der Waals surface area contributed by atoms with E-state index >= 15 is 0 Å². The maximum atomic E-state index is 13.1. The van der Waals surface area contributed by atoms with E-state index in [0.29, 0.717) is 30.8 Å². The lowest BCUT2D eigenvalue weighted by molar-refractivity contribution is -0.140. The van der Waals surface area contributed by atoms with Crippen LogP contribution in [0.4, 0.5) is 4.39 Å². The van der Waals surface area contributed by atoms with E-state index in [-0.39, 0.29) is 17.8 Å². The molecular weight excluding hydrogens is 237 g/mol. The van der Waals surface area contributed by atoms with Gasteiger partial charge in [-0.15, -0.1) is 0 Å². The van der Waals surface area contributed by atoms with Gasteiger partial charge in [-0.1, -0.05) is 0 Å². The monoisotopic (exact) mass is 255 g/mol. The van der Waals surface area contributed by atoms with E-state index in [4.69, 9.17) is 10.5 Å². The molecule has 1 aromatic rings. The Morgan fingerprint density at radius 2 is 2.22 bits per heavy atom. The van der Waals surface area contributed by atoms with Crippen molar-refractivity contribution >= 4 is 5.97 Å². The Hall–Kier alpha value is -1.62. The number of nitrogens with two attached hydrogens (primary N) is 1. The largest absolute Gasteiger partial charge is 0.493 e. The number of carbonyl (C=O) groups excluding carboxylic acids is 1. The maximum Gasteiger partial charge on any atom is 0.305 e. The van der Waals surface area contributed by atoms with E-state index in [1.54, 1.807) is 13.0 Å². The van der Waals surface area contributed by atoms with Crippen LogP contribution in [-0.4, -0.2) is 19.7 Å². The Balaban J connectivity index is 2.54. The third kappa shape index (κ3) is 4.33. The predicted molar refractivity (Wildman–Crippen MR) is 65.7 cm³/mol. The molecule has 1 rings (SSSR count). The van der Waals surface area contributed by atoms with Crippen LogP contribution in [0.2, 0.25) is 0 Å². The number of hydrogen-bond donors (Lipinski definition) is 1. The molecule has 0 saturated heterocycles. The summed E-state index contributed by atoms with van der Waals surface area (Å²) < 4.78 is 23.1. The van der Waals surface area contributed by atoms with Crippen LogP contribution in [0.25, 0.3) is 0 Å². The summed E-state index contributed by atoms with van der Waals surface area (Å²) in [5, 5.41) is 0. The van der Waals surface area contributed by atoms with E-state index in [9.17, 15) is 9.18 Å². The van der Waals surface area contributed by atoms with Gasteiger partial charge in [0.1, 0.15) is 11.6 Å². The van der Waals surface area contributed by atoms with Crippen LogP contribution < -0.4 is 10.5 Å². The molecule has 0 saturated carbocycles. The minimum absolute atomic E-state index is 0.273. The number of benzene rings is 1. The van der Waals surface area contributed by atoms with Crippen molar-refractivity contribution in [3.05, 3.63) is 29.6 Å². The molecule has 0 aliphatic rings. The minimum atomic E-state index is -0.343. The summed E-state index contributed by atoms with van der Waals surface area (Å²) in [7, 11) is 1.34. The van der Waals surface area contributed by atoms with E-state index in [2.05, 4.69) is 4.74 Å². The summed E-state index contributed by atoms with van der Waals surface area (Å²) in [5.74, 6) is -0.0643. The van der Waals surface area contributed by atoms with E-state index < -0.39 is 0 Å². The van der Waals surface area contributed by atoms with Crippen molar-refractivity contribution in [2.24, 2.45) is 5.73 Å². The van der Waals surface area contributed by atoms with Gasteiger partial charge >= 0.3 is 5.97 Å². The van der Waals surface area contributed by atoms with Crippen molar-refractivity contribution < 1.29 is 18.7 Å². The number of ether oxygens (including phenoxy) is 2. The smallest absolute Gasteiger partial charge is 0.305 e. The third-order valence-electron chi connectivity index (χ3n) is 2.47. The molecule has 4 nitrogen and oxygen atoms in total. The Morgan fingerprint density at radius 1 is 1.50 bits per heavy atom. The summed E-state index contributed by atoms with van der Waals surface area (Å²) in [6.45, 7) is 2.12. The molecule has 0 aliphatic carbocycles. The fraction of sp³-hybridized carbons (Fsp3) is 0.462. The Kier molecular flexibility index (Phi) is 5.58. The lowest BCUT2D eigenvalue weighted by Gasteiger charge is -2.13. The molecular formula is C13H18FNO3. The van der Waals surface area contributed by atoms with Crippen LogP contribution in [0.5, 0.6) is 5.75 Å². The van der Waals surface area contributed by atoms with Crippen LogP contribution in [-0.2, 0) is 9.53 Å². The van der Waals surface area contributed by atoms with Gasteiger partial charge in [0.2, 0.25) is 0 Å². The number of methoxy groups -OCH3 is 1. The maximum absolute atomic E-state index is 13.1. The minimum Gasteiger partial charge on any atom is -0.493 e. The Labute approximate surface area is 106 Å². The van der Waals surface area contributed by atoms with Crippen molar-refractivity contribution in [1.82, 2.24) is 0 Å². The van der Waals surface area contributed by atoms with Gasteiger partial charge in [-0.3, -0.25) is 4.79 Å². The van der Waals surface area contributed by atoms with Crippen molar-refractivity contribution in [3.8, 4) is 5.75 Å². The van der Waals surface area contributed by atoms with Gasteiger partial charge in [-0.05, 0) is 31.5 Å². The summed E-state index contributed by atoms with van der Waals surface area (Å²) >= 11 is 0. The van der Waals surface area contributed by atoms with E-state index in [1.807, 2.05) is 0 Å². The second-order valence-electron chi connectivity index (χ2n) is 4.00. The zero-order chi connectivity index (χ0) is 13.5. The molecule has 1 aromatic carbocycles. The molecule has 0 amide bonds. The highest BCUT2D eigenvalue weighted by Gasteiger charge is 2.09. The fourth-order valence-corrected chi connectivity index (χ4v) is 1.51. The molecule has 0 spiro atoms. The SMILES string of the molecule is COC(=O)CCCOc1ccc(F)cc1[C@@H](C)N. The lowest BCUT2D eigenvalue weighted by Crippen LogP contribution is -2.10. The van der Waals surface area contributed by atoms with Crippen LogP contribution in [0, 0.1) is 5.82 Å². The van der Waals surface area contributed by atoms with Gasteiger partial charge in [-0.25, -0.2) is 4.39 Å². The molecule has 0 radical (unpaired) electrons. The quantitative estimate of drug-likeness (QED) is 0.625. The molecule has 0 aromatic heterocycles.